The molecule has 0 aliphatic carbocycles. The van der Waals surface area contributed by atoms with Crippen molar-refractivity contribution in [2.24, 2.45) is 0 Å². The summed E-state index contributed by atoms with van der Waals surface area (Å²) >= 11 is 11.9. The highest BCUT2D eigenvalue weighted by molar-refractivity contribution is 6.42. The largest absolute Gasteiger partial charge is 0.250 e. The Hall–Kier alpha value is -0.280. The van der Waals surface area contributed by atoms with Gasteiger partial charge in [0.25, 0.3) is 0 Å². The summed E-state index contributed by atoms with van der Waals surface area (Å²) in [6.45, 7) is 5.35. The fourth-order valence-corrected chi connectivity index (χ4v) is 2.89. The Morgan fingerprint density at radius 2 is 1.83 bits per heavy atom. The molecule has 1 aromatic carbocycles. The summed E-state index contributed by atoms with van der Waals surface area (Å²) in [4.78, 5) is 0. The van der Waals surface area contributed by atoms with Gasteiger partial charge in [-0.3, -0.25) is 5.43 Å². The molecule has 1 aromatic rings. The van der Waals surface area contributed by atoms with Crippen LogP contribution in [0.25, 0.3) is 0 Å². The van der Waals surface area contributed by atoms with Gasteiger partial charge in [-0.15, -0.1) is 0 Å². The predicted molar refractivity (Wildman–Crippen MR) is 77.9 cm³/mol. The first kappa shape index (κ1) is 14.1. The molecule has 4 heteroatoms. The molecule has 0 radical (unpaired) electrons. The normalized spacial score (nSPS) is 25.3. The van der Waals surface area contributed by atoms with Crippen LogP contribution >= 0.6 is 23.2 Å². The molecule has 2 atom stereocenters. The van der Waals surface area contributed by atoms with E-state index < -0.39 is 0 Å². The van der Waals surface area contributed by atoms with Crippen molar-refractivity contribution < 1.29 is 0 Å². The van der Waals surface area contributed by atoms with Gasteiger partial charge in [-0.1, -0.05) is 35.7 Å². The van der Waals surface area contributed by atoms with Crippen LogP contribution in [-0.4, -0.2) is 17.1 Å². The minimum absolute atomic E-state index is 0.594. The van der Waals surface area contributed by atoms with Crippen molar-refractivity contribution in [1.29, 1.82) is 0 Å². The molecule has 0 aromatic heterocycles. The average molecular weight is 287 g/mol. The number of hydrogen-bond acceptors (Lipinski definition) is 2. The molecule has 1 aliphatic rings. The van der Waals surface area contributed by atoms with Crippen LogP contribution in [0.4, 0.5) is 0 Å². The molecule has 1 heterocycles. The Labute approximate surface area is 119 Å². The number of hydrogen-bond donors (Lipinski definition) is 1. The van der Waals surface area contributed by atoms with E-state index in [1.54, 1.807) is 0 Å². The molecule has 18 heavy (non-hydrogen) atoms. The number of halogens is 2. The van der Waals surface area contributed by atoms with Gasteiger partial charge in [-0.05, 0) is 44.4 Å². The minimum atomic E-state index is 0.594. The van der Waals surface area contributed by atoms with Crippen LogP contribution in [0.15, 0.2) is 18.2 Å². The molecule has 0 amide bonds. The first-order chi connectivity index (χ1) is 8.58. The topological polar surface area (TPSA) is 15.3 Å². The second-order valence-electron chi connectivity index (χ2n) is 5.12. The zero-order valence-corrected chi connectivity index (χ0v) is 12.4. The zero-order chi connectivity index (χ0) is 13.1. The van der Waals surface area contributed by atoms with E-state index in [4.69, 9.17) is 23.2 Å². The van der Waals surface area contributed by atoms with E-state index in [0.717, 1.165) is 12.1 Å². The molecule has 1 fully saturated rings. The van der Waals surface area contributed by atoms with E-state index in [1.807, 2.05) is 18.2 Å². The smallest absolute Gasteiger partial charge is 0.0595 e. The van der Waals surface area contributed by atoms with Crippen LogP contribution in [0, 0.1) is 0 Å². The fourth-order valence-electron chi connectivity index (χ4n) is 2.57. The number of nitrogens with one attached hydrogen (secondary N) is 1. The summed E-state index contributed by atoms with van der Waals surface area (Å²) in [6, 6.07) is 6.98. The first-order valence-corrected chi connectivity index (χ1v) is 7.29. The number of benzene rings is 1. The van der Waals surface area contributed by atoms with Crippen molar-refractivity contribution in [3.63, 3.8) is 0 Å². The number of rotatable bonds is 3. The Bertz CT molecular complexity index is 399. The maximum atomic E-state index is 6.02. The van der Waals surface area contributed by atoms with Crippen molar-refractivity contribution in [3.8, 4) is 0 Å². The molecule has 0 spiro atoms. The highest BCUT2D eigenvalue weighted by Gasteiger charge is 2.24. The average Bonchev–Trinajstić information content (AvgIpc) is 2.33. The summed E-state index contributed by atoms with van der Waals surface area (Å²) in [5.74, 6) is 0. The Kier molecular flexibility index (Phi) is 4.91. The van der Waals surface area contributed by atoms with Gasteiger partial charge in [0.05, 0.1) is 10.0 Å². The lowest BCUT2D eigenvalue weighted by atomic mass is 10.00. The maximum Gasteiger partial charge on any atom is 0.0595 e. The van der Waals surface area contributed by atoms with Gasteiger partial charge >= 0.3 is 0 Å². The third-order valence-electron chi connectivity index (χ3n) is 3.64. The molecular weight excluding hydrogens is 267 g/mol. The van der Waals surface area contributed by atoms with E-state index in [2.05, 4.69) is 24.3 Å². The van der Waals surface area contributed by atoms with Crippen LogP contribution in [0.2, 0.25) is 10.0 Å². The third-order valence-corrected chi connectivity index (χ3v) is 4.38. The highest BCUT2D eigenvalue weighted by Crippen LogP contribution is 2.23. The fraction of sp³-hybridized carbons (Fsp3) is 0.571. The lowest BCUT2D eigenvalue weighted by Gasteiger charge is -2.39. The Morgan fingerprint density at radius 1 is 1.17 bits per heavy atom. The van der Waals surface area contributed by atoms with Crippen molar-refractivity contribution in [3.05, 3.63) is 33.8 Å². The summed E-state index contributed by atoms with van der Waals surface area (Å²) in [7, 11) is 0. The van der Waals surface area contributed by atoms with Crippen LogP contribution in [0.3, 0.4) is 0 Å². The standard InChI is InChI=1S/C14H20Cl2N2/c1-10-4-3-5-11(2)18(10)17-9-12-6-7-13(15)14(16)8-12/h6-8,10-11,17H,3-5,9H2,1-2H3. The molecular formula is C14H20Cl2N2. The van der Waals surface area contributed by atoms with E-state index in [1.165, 1.54) is 19.3 Å². The van der Waals surface area contributed by atoms with E-state index in [0.29, 0.717) is 22.1 Å². The van der Waals surface area contributed by atoms with Gasteiger partial charge < -0.3 is 0 Å². The maximum absolute atomic E-state index is 6.02. The number of hydrazine groups is 1. The lowest BCUT2D eigenvalue weighted by molar-refractivity contribution is 0.0435. The second kappa shape index (κ2) is 6.25. The van der Waals surface area contributed by atoms with Crippen molar-refractivity contribution in [2.45, 2.75) is 51.7 Å². The van der Waals surface area contributed by atoms with Gasteiger partial charge in [0.1, 0.15) is 0 Å². The summed E-state index contributed by atoms with van der Waals surface area (Å²) < 4.78 is 0. The van der Waals surface area contributed by atoms with Crippen LogP contribution in [0.5, 0.6) is 0 Å². The summed E-state index contributed by atoms with van der Waals surface area (Å²) in [5.41, 5.74) is 4.68. The minimum Gasteiger partial charge on any atom is -0.250 e. The summed E-state index contributed by atoms with van der Waals surface area (Å²) in [6.07, 6.45) is 3.85. The lowest BCUT2D eigenvalue weighted by Crippen LogP contribution is -2.51. The SMILES string of the molecule is CC1CCCC(C)N1NCc1ccc(Cl)c(Cl)c1. The third kappa shape index (κ3) is 3.39. The van der Waals surface area contributed by atoms with Crippen molar-refractivity contribution >= 4 is 23.2 Å². The summed E-state index contributed by atoms with van der Waals surface area (Å²) in [5, 5.41) is 3.60. The molecule has 2 unspecified atom stereocenters. The van der Waals surface area contributed by atoms with Crippen molar-refractivity contribution in [1.82, 2.24) is 10.4 Å². The van der Waals surface area contributed by atoms with Crippen LogP contribution in [-0.2, 0) is 6.54 Å². The Morgan fingerprint density at radius 3 is 2.44 bits per heavy atom. The molecule has 100 valence electrons. The van der Waals surface area contributed by atoms with Gasteiger partial charge in [-0.25, -0.2) is 5.01 Å². The second-order valence-corrected chi connectivity index (χ2v) is 5.93. The highest BCUT2D eigenvalue weighted by atomic mass is 35.5. The van der Waals surface area contributed by atoms with Crippen LogP contribution < -0.4 is 5.43 Å². The zero-order valence-electron chi connectivity index (χ0n) is 10.9. The van der Waals surface area contributed by atoms with E-state index in [9.17, 15) is 0 Å². The molecule has 1 saturated heterocycles. The number of nitrogens with zero attached hydrogens (tertiary/aromatic N) is 1. The van der Waals surface area contributed by atoms with Gasteiger partial charge in [0.15, 0.2) is 0 Å². The molecule has 2 nitrogen and oxygen atoms in total. The monoisotopic (exact) mass is 286 g/mol. The predicted octanol–water partition coefficient (Wildman–Crippen LogP) is 4.26. The van der Waals surface area contributed by atoms with Gasteiger partial charge in [-0.2, -0.15) is 0 Å². The molecule has 1 aliphatic heterocycles. The van der Waals surface area contributed by atoms with Gasteiger partial charge in [0, 0.05) is 18.6 Å². The van der Waals surface area contributed by atoms with Gasteiger partial charge in [0.2, 0.25) is 0 Å². The first-order valence-electron chi connectivity index (χ1n) is 6.53. The van der Waals surface area contributed by atoms with Crippen molar-refractivity contribution in [2.75, 3.05) is 0 Å². The number of piperidine rings is 1. The van der Waals surface area contributed by atoms with E-state index >= 15 is 0 Å². The molecule has 0 bridgehead atoms. The molecule has 0 saturated carbocycles. The Balaban J connectivity index is 1.95. The molecule has 1 N–H and O–H groups in total. The van der Waals surface area contributed by atoms with Crippen LogP contribution in [0.1, 0.15) is 38.7 Å². The molecule has 2 rings (SSSR count). The van der Waals surface area contributed by atoms with E-state index in [-0.39, 0.29) is 0 Å². The quantitative estimate of drug-likeness (QED) is 0.893.